The average Bonchev–Trinajstić information content (AvgIpc) is 1.54. The van der Waals surface area contributed by atoms with Gasteiger partial charge in [0, 0.05) is 79.8 Å². The smallest absolute Gasteiger partial charge is 0.0975 e. The Morgan fingerprint density at radius 2 is 0.397 bits per heavy atom. The maximum atomic E-state index is 5.79. The molecular formula is C130H96N6. The SMILES string of the molecule is CC(c1ccccc1)c1cc(-c2ccccc2)c2ccc3c(-c4ccccc4)cc(C(C)c4ccccc4)nc3c2n1.CC1(c2cc(-c3ccccc3)c3ccc4c(-c5ccccc5)cc(C5(C)c6ccccc6-c6ccccc65)nc4c3n2)c2ccccc2-c2ccccc21.c1ccc(Cc2cc(-c3ccccc3)c3ccc4c(-c5ccccc5)cc(Cc5ccccc5)nc4c3n2)cc1. The summed E-state index contributed by atoms with van der Waals surface area (Å²) in [5, 5.41) is 6.68. The highest BCUT2D eigenvalue weighted by Crippen LogP contribution is 2.56. The third-order valence-electron chi connectivity index (χ3n) is 28.3. The van der Waals surface area contributed by atoms with Crippen LogP contribution in [-0.2, 0) is 23.7 Å². The summed E-state index contributed by atoms with van der Waals surface area (Å²) in [7, 11) is 0. The summed E-state index contributed by atoms with van der Waals surface area (Å²) in [6, 6.07) is 169. The first-order valence-electron chi connectivity index (χ1n) is 47.3. The molecule has 2 aliphatic carbocycles. The average molecular weight is 1740 g/mol. The van der Waals surface area contributed by atoms with Crippen molar-refractivity contribution in [2.45, 2.75) is 63.2 Å². The molecule has 0 amide bonds. The van der Waals surface area contributed by atoms with Gasteiger partial charge in [0.15, 0.2) is 0 Å². The lowest BCUT2D eigenvalue weighted by molar-refractivity contribution is 0.686. The monoisotopic (exact) mass is 1740 g/mol. The molecule has 0 radical (unpaired) electrons. The fourth-order valence-electron chi connectivity index (χ4n) is 21.2. The second-order valence-corrected chi connectivity index (χ2v) is 36.4. The van der Waals surface area contributed by atoms with E-state index in [0.29, 0.717) is 0 Å². The quantitative estimate of drug-likeness (QED) is 0.0897. The van der Waals surface area contributed by atoms with Crippen LogP contribution in [-0.4, -0.2) is 29.9 Å². The normalized spacial score (nSPS) is 13.0. The van der Waals surface area contributed by atoms with Crippen LogP contribution in [0.1, 0.15) is 118 Å². The molecule has 0 saturated heterocycles. The zero-order chi connectivity index (χ0) is 91.2. The van der Waals surface area contributed by atoms with Gasteiger partial charge >= 0.3 is 0 Å². The minimum absolute atomic E-state index is 0.133. The summed E-state index contributed by atoms with van der Waals surface area (Å²) in [6.45, 7) is 9.20. The van der Waals surface area contributed by atoms with Crippen molar-refractivity contribution in [1.29, 1.82) is 0 Å². The third-order valence-corrected chi connectivity index (χ3v) is 28.3. The highest BCUT2D eigenvalue weighted by molar-refractivity contribution is 6.15. The van der Waals surface area contributed by atoms with Crippen LogP contribution in [0.3, 0.4) is 0 Å². The molecule has 6 aromatic heterocycles. The highest BCUT2D eigenvalue weighted by Gasteiger charge is 2.44. The Bertz CT molecular complexity index is 7830. The van der Waals surface area contributed by atoms with Crippen LogP contribution in [0.4, 0.5) is 0 Å². The standard InChI is InChI=1S/C52H36N2.C40H32N2.C38H28N2/c1-51(43-25-13-9-21-35(43)36-22-10-14-26-44(36)51)47-31-41(33-17-5-3-6-18-33)39-29-30-40-42(34-19-7-4-8-20-34)32-48(54-50(40)49(39)53-47)52(2)45-27-15-11-23-37(45)38-24-12-16-28-46(38)52;1-27(29-15-7-3-8-16-29)37-25-35(31-19-11-5-12-20-31)33-23-24-34-36(32-21-13-6-14-22-32)26-38(42-40(34)39(33)41-37)28(2)30-17-9-4-10-18-30;1-5-13-27(14-6-1)23-31-25-35(29-17-9-3-10-18-29)33-21-22-34-36(30-19-11-4-12-20-30)26-32(40-38(34)37(33)39-31)24-28-15-7-2-8-16-28/h3-32H,1-2H3;3-28H,1-2H3;1-22,25-26H,23-24H2. The number of rotatable bonds is 16. The van der Waals surface area contributed by atoms with Gasteiger partial charge in [-0.25, -0.2) is 19.9 Å². The first-order valence-corrected chi connectivity index (χ1v) is 47.3. The number of nitrogens with zero attached hydrogens (tertiary/aromatic N) is 6. The van der Waals surface area contributed by atoms with Gasteiger partial charge in [0.2, 0.25) is 0 Å². The van der Waals surface area contributed by atoms with Gasteiger partial charge in [-0.1, -0.05) is 451 Å². The van der Waals surface area contributed by atoms with E-state index in [4.69, 9.17) is 29.9 Å². The number of fused-ring (bicyclic) bond motifs is 15. The van der Waals surface area contributed by atoms with Crippen molar-refractivity contribution < 1.29 is 0 Å². The van der Waals surface area contributed by atoms with Crippen molar-refractivity contribution in [2.75, 3.05) is 0 Å². The summed E-state index contributed by atoms with van der Waals surface area (Å²) in [5.41, 5.74) is 40.3. The minimum atomic E-state index is -0.470. The molecule has 0 bridgehead atoms. The number of hydrogen-bond donors (Lipinski definition) is 0. The van der Waals surface area contributed by atoms with Crippen LogP contribution >= 0.6 is 0 Å². The van der Waals surface area contributed by atoms with E-state index in [1.807, 2.05) is 0 Å². The Morgan fingerprint density at radius 3 is 0.662 bits per heavy atom. The van der Waals surface area contributed by atoms with Crippen LogP contribution in [0.5, 0.6) is 0 Å². The van der Waals surface area contributed by atoms with Gasteiger partial charge in [-0.05, 0) is 184 Å². The summed E-state index contributed by atoms with van der Waals surface area (Å²) in [5.74, 6) is 0.265. The van der Waals surface area contributed by atoms with Crippen LogP contribution in [0.25, 0.3) is 154 Å². The second-order valence-electron chi connectivity index (χ2n) is 36.4. The fourth-order valence-corrected chi connectivity index (χ4v) is 21.2. The maximum Gasteiger partial charge on any atom is 0.0975 e. The van der Waals surface area contributed by atoms with Crippen molar-refractivity contribution in [2.24, 2.45) is 0 Å². The Kier molecular flexibility index (Phi) is 21.9. The molecule has 25 rings (SSSR count). The molecule has 6 heterocycles. The Hall–Kier alpha value is -16.8. The van der Waals surface area contributed by atoms with Gasteiger partial charge in [0.05, 0.1) is 55.3 Å². The molecule has 2 unspecified atom stereocenters. The Morgan fingerprint density at radius 1 is 0.191 bits per heavy atom. The van der Waals surface area contributed by atoms with Gasteiger partial charge in [0.25, 0.3) is 0 Å². The molecule has 0 saturated carbocycles. The summed E-state index contributed by atoms with van der Waals surface area (Å²) in [4.78, 5) is 33.0. The first-order chi connectivity index (χ1) is 67.0. The summed E-state index contributed by atoms with van der Waals surface area (Å²) in [6.07, 6.45) is 1.53. The van der Waals surface area contributed by atoms with Crippen LogP contribution in [0.15, 0.2) is 473 Å². The molecule has 136 heavy (non-hydrogen) atoms. The molecule has 0 spiro atoms. The Balaban J connectivity index is 0.000000117. The Labute approximate surface area is 793 Å². The number of pyridine rings is 6. The van der Waals surface area contributed by atoms with Crippen molar-refractivity contribution in [3.8, 4) is 89.0 Å². The first kappa shape index (κ1) is 83.5. The second kappa shape index (κ2) is 35.7. The predicted octanol–water partition coefficient (Wildman–Crippen LogP) is 32.5. The topological polar surface area (TPSA) is 77.3 Å². The largest absolute Gasteiger partial charge is 0.250 e. The molecule has 2 atom stereocenters. The highest BCUT2D eigenvalue weighted by atomic mass is 14.8. The molecule has 6 heteroatoms. The van der Waals surface area contributed by atoms with Crippen LogP contribution in [0.2, 0.25) is 0 Å². The summed E-state index contributed by atoms with van der Waals surface area (Å²) < 4.78 is 0. The molecule has 0 N–H and O–H groups in total. The van der Waals surface area contributed by atoms with E-state index in [-0.39, 0.29) is 11.8 Å². The van der Waals surface area contributed by atoms with Gasteiger partial charge < -0.3 is 0 Å². The van der Waals surface area contributed by atoms with Gasteiger partial charge in [0.1, 0.15) is 0 Å². The van der Waals surface area contributed by atoms with Gasteiger partial charge in [-0.15, -0.1) is 0 Å². The maximum absolute atomic E-state index is 5.79. The van der Waals surface area contributed by atoms with Crippen LogP contribution in [0, 0.1) is 0 Å². The molecule has 23 aromatic rings. The van der Waals surface area contributed by atoms with E-state index < -0.39 is 10.8 Å². The van der Waals surface area contributed by atoms with Gasteiger partial charge in [-0.2, -0.15) is 0 Å². The van der Waals surface area contributed by atoms with E-state index in [1.54, 1.807) is 0 Å². The molecular weight excluding hydrogens is 1650 g/mol. The summed E-state index contributed by atoms with van der Waals surface area (Å²) >= 11 is 0. The van der Waals surface area contributed by atoms with E-state index >= 15 is 0 Å². The van der Waals surface area contributed by atoms with Crippen molar-refractivity contribution in [3.05, 3.63) is 552 Å². The lowest BCUT2D eigenvalue weighted by Gasteiger charge is -2.29. The van der Waals surface area contributed by atoms with E-state index in [0.717, 1.165) is 124 Å². The van der Waals surface area contributed by atoms with E-state index in [2.05, 4.69) is 501 Å². The molecule has 0 aliphatic heterocycles. The van der Waals surface area contributed by atoms with Crippen LogP contribution < -0.4 is 0 Å². The van der Waals surface area contributed by atoms with Gasteiger partial charge in [-0.3, -0.25) is 9.97 Å². The molecule has 646 valence electrons. The predicted molar refractivity (Wildman–Crippen MR) is 565 cm³/mol. The van der Waals surface area contributed by atoms with E-state index in [9.17, 15) is 0 Å². The lowest BCUT2D eigenvalue weighted by Crippen LogP contribution is -2.25. The lowest BCUT2D eigenvalue weighted by atomic mass is 9.75. The number of benzene rings is 17. The minimum Gasteiger partial charge on any atom is -0.250 e. The zero-order valence-corrected chi connectivity index (χ0v) is 76.3. The molecule has 6 nitrogen and oxygen atoms in total. The fraction of sp³-hybridized carbons (Fsp3) is 0.0769. The van der Waals surface area contributed by atoms with E-state index in [1.165, 1.54) is 122 Å². The molecule has 17 aromatic carbocycles. The third kappa shape index (κ3) is 15.2. The van der Waals surface area contributed by atoms with Crippen molar-refractivity contribution in [1.82, 2.24) is 29.9 Å². The number of aromatic nitrogens is 6. The van der Waals surface area contributed by atoms with Crippen molar-refractivity contribution in [3.63, 3.8) is 0 Å². The number of hydrogen-bond acceptors (Lipinski definition) is 6. The van der Waals surface area contributed by atoms with Crippen molar-refractivity contribution >= 4 is 65.4 Å². The zero-order valence-electron chi connectivity index (χ0n) is 76.3. The molecule has 2 aliphatic rings. The molecule has 0 fully saturated rings.